The van der Waals surface area contributed by atoms with Crippen molar-refractivity contribution < 1.29 is 4.79 Å². The molecule has 1 aromatic rings. The number of benzene rings is 1. The van der Waals surface area contributed by atoms with Gasteiger partial charge in [0.05, 0.1) is 6.04 Å². The second-order valence-corrected chi connectivity index (χ2v) is 5.55. The standard InChI is InChI=1S/C17H29N3O/c1-4-6-10-20(5-2)13-16-9-7-8-15(11-16)12-19-17(21)14(3)18/h7-9,11,14H,4-6,10,12-13,18H2,1-3H3,(H,19,21). The lowest BCUT2D eigenvalue weighted by Gasteiger charge is -2.20. The minimum Gasteiger partial charge on any atom is -0.351 e. The van der Waals surface area contributed by atoms with E-state index in [1.807, 2.05) is 6.07 Å². The largest absolute Gasteiger partial charge is 0.351 e. The Morgan fingerprint density at radius 3 is 2.67 bits per heavy atom. The molecule has 0 saturated carbocycles. The van der Waals surface area contributed by atoms with Crippen LogP contribution in [0.5, 0.6) is 0 Å². The van der Waals surface area contributed by atoms with Crippen molar-refractivity contribution in [2.24, 2.45) is 5.73 Å². The molecule has 21 heavy (non-hydrogen) atoms. The number of nitrogens with two attached hydrogens (primary N) is 1. The highest BCUT2D eigenvalue weighted by molar-refractivity contribution is 5.80. The average Bonchev–Trinajstić information content (AvgIpc) is 2.49. The number of hydrogen-bond acceptors (Lipinski definition) is 3. The second kappa shape index (κ2) is 9.53. The third-order valence-electron chi connectivity index (χ3n) is 3.55. The molecular formula is C17H29N3O. The van der Waals surface area contributed by atoms with Gasteiger partial charge in [0.1, 0.15) is 0 Å². The van der Waals surface area contributed by atoms with Gasteiger partial charge in [-0.2, -0.15) is 0 Å². The van der Waals surface area contributed by atoms with Crippen LogP contribution in [0.1, 0.15) is 44.7 Å². The number of carbonyl (C=O) groups excluding carboxylic acids is 1. The highest BCUT2D eigenvalue weighted by atomic mass is 16.2. The Balaban J connectivity index is 2.56. The van der Waals surface area contributed by atoms with Gasteiger partial charge in [-0.1, -0.05) is 44.5 Å². The maximum Gasteiger partial charge on any atom is 0.236 e. The summed E-state index contributed by atoms with van der Waals surface area (Å²) in [7, 11) is 0. The Morgan fingerprint density at radius 1 is 1.33 bits per heavy atom. The molecule has 0 saturated heterocycles. The summed E-state index contributed by atoms with van der Waals surface area (Å²) in [6, 6.07) is 7.93. The third kappa shape index (κ3) is 6.74. The van der Waals surface area contributed by atoms with Crippen molar-refractivity contribution in [3.8, 4) is 0 Å². The zero-order valence-corrected chi connectivity index (χ0v) is 13.6. The van der Waals surface area contributed by atoms with Crippen LogP contribution < -0.4 is 11.1 Å². The topological polar surface area (TPSA) is 58.4 Å². The molecule has 0 fully saturated rings. The molecule has 0 bridgehead atoms. The maximum absolute atomic E-state index is 11.5. The van der Waals surface area contributed by atoms with Crippen LogP contribution >= 0.6 is 0 Å². The quantitative estimate of drug-likeness (QED) is 0.734. The van der Waals surface area contributed by atoms with Crippen LogP contribution in [0, 0.1) is 0 Å². The van der Waals surface area contributed by atoms with E-state index in [1.165, 1.54) is 18.4 Å². The van der Waals surface area contributed by atoms with Gasteiger partial charge in [0.15, 0.2) is 0 Å². The van der Waals surface area contributed by atoms with Gasteiger partial charge in [0.2, 0.25) is 5.91 Å². The van der Waals surface area contributed by atoms with Crippen molar-refractivity contribution in [2.75, 3.05) is 13.1 Å². The first-order valence-corrected chi connectivity index (χ1v) is 7.90. The van der Waals surface area contributed by atoms with Crippen LogP contribution in [-0.2, 0) is 17.9 Å². The minimum atomic E-state index is -0.460. The van der Waals surface area contributed by atoms with Gasteiger partial charge >= 0.3 is 0 Å². The van der Waals surface area contributed by atoms with Gasteiger partial charge in [-0.25, -0.2) is 0 Å². The maximum atomic E-state index is 11.5. The summed E-state index contributed by atoms with van der Waals surface area (Å²) in [6.45, 7) is 9.81. The molecule has 0 heterocycles. The highest BCUT2D eigenvalue weighted by Gasteiger charge is 2.07. The summed E-state index contributed by atoms with van der Waals surface area (Å²) in [5.41, 5.74) is 7.95. The van der Waals surface area contributed by atoms with E-state index in [0.717, 1.165) is 25.2 Å². The molecule has 0 aliphatic carbocycles. The molecule has 0 aromatic heterocycles. The number of rotatable bonds is 9. The van der Waals surface area contributed by atoms with E-state index in [9.17, 15) is 4.79 Å². The van der Waals surface area contributed by atoms with E-state index in [-0.39, 0.29) is 5.91 Å². The minimum absolute atomic E-state index is 0.112. The van der Waals surface area contributed by atoms with E-state index in [0.29, 0.717) is 6.54 Å². The van der Waals surface area contributed by atoms with Crippen molar-refractivity contribution >= 4 is 5.91 Å². The zero-order chi connectivity index (χ0) is 15.7. The van der Waals surface area contributed by atoms with Crippen molar-refractivity contribution in [2.45, 2.75) is 52.7 Å². The Morgan fingerprint density at radius 2 is 2.05 bits per heavy atom. The number of nitrogens with zero attached hydrogens (tertiary/aromatic N) is 1. The fraction of sp³-hybridized carbons (Fsp3) is 0.588. The fourth-order valence-electron chi connectivity index (χ4n) is 2.18. The van der Waals surface area contributed by atoms with Gasteiger partial charge in [0.25, 0.3) is 0 Å². The normalized spacial score (nSPS) is 12.4. The van der Waals surface area contributed by atoms with Crippen molar-refractivity contribution in [3.63, 3.8) is 0 Å². The average molecular weight is 291 g/mol. The summed E-state index contributed by atoms with van der Waals surface area (Å²) in [5.74, 6) is -0.112. The summed E-state index contributed by atoms with van der Waals surface area (Å²) in [6.07, 6.45) is 2.46. The molecule has 0 spiro atoms. The Bertz CT molecular complexity index is 432. The van der Waals surface area contributed by atoms with Crippen molar-refractivity contribution in [3.05, 3.63) is 35.4 Å². The van der Waals surface area contributed by atoms with Gasteiger partial charge in [0, 0.05) is 13.1 Å². The number of hydrogen-bond donors (Lipinski definition) is 2. The Labute approximate surface area is 128 Å². The van der Waals surface area contributed by atoms with Crippen LogP contribution in [0.3, 0.4) is 0 Å². The smallest absolute Gasteiger partial charge is 0.236 e. The molecule has 4 heteroatoms. The van der Waals surface area contributed by atoms with Gasteiger partial charge in [-0.05, 0) is 37.6 Å². The second-order valence-electron chi connectivity index (χ2n) is 5.55. The summed E-state index contributed by atoms with van der Waals surface area (Å²) >= 11 is 0. The molecule has 3 N–H and O–H groups in total. The molecule has 0 aliphatic heterocycles. The molecule has 1 rings (SSSR count). The number of unbranched alkanes of at least 4 members (excludes halogenated alkanes) is 1. The number of amides is 1. The fourth-order valence-corrected chi connectivity index (χ4v) is 2.18. The lowest BCUT2D eigenvalue weighted by atomic mass is 10.1. The molecule has 1 amide bonds. The van der Waals surface area contributed by atoms with Crippen LogP contribution in [0.15, 0.2) is 24.3 Å². The molecule has 0 radical (unpaired) electrons. The zero-order valence-electron chi connectivity index (χ0n) is 13.6. The molecule has 4 nitrogen and oxygen atoms in total. The van der Waals surface area contributed by atoms with E-state index >= 15 is 0 Å². The van der Waals surface area contributed by atoms with E-state index in [4.69, 9.17) is 5.73 Å². The monoisotopic (exact) mass is 291 g/mol. The van der Waals surface area contributed by atoms with Gasteiger partial charge in [-0.3, -0.25) is 9.69 Å². The van der Waals surface area contributed by atoms with Crippen LogP contribution in [0.4, 0.5) is 0 Å². The lowest BCUT2D eigenvalue weighted by Crippen LogP contribution is -2.37. The van der Waals surface area contributed by atoms with E-state index in [2.05, 4.69) is 42.3 Å². The molecule has 1 aromatic carbocycles. The summed E-state index contributed by atoms with van der Waals surface area (Å²) in [4.78, 5) is 13.9. The summed E-state index contributed by atoms with van der Waals surface area (Å²) in [5, 5.41) is 2.85. The number of nitrogens with one attached hydrogen (secondary N) is 1. The first-order chi connectivity index (χ1) is 10.1. The predicted octanol–water partition coefficient (Wildman–Crippen LogP) is 2.27. The first kappa shape index (κ1) is 17.7. The van der Waals surface area contributed by atoms with E-state index < -0.39 is 6.04 Å². The Hall–Kier alpha value is -1.39. The first-order valence-electron chi connectivity index (χ1n) is 7.90. The van der Waals surface area contributed by atoms with Gasteiger partial charge < -0.3 is 11.1 Å². The van der Waals surface area contributed by atoms with Crippen molar-refractivity contribution in [1.82, 2.24) is 10.2 Å². The Kier molecular flexibility index (Phi) is 8.01. The molecule has 1 unspecified atom stereocenters. The predicted molar refractivity (Wildman–Crippen MR) is 87.8 cm³/mol. The van der Waals surface area contributed by atoms with Gasteiger partial charge in [-0.15, -0.1) is 0 Å². The highest BCUT2D eigenvalue weighted by Crippen LogP contribution is 2.09. The van der Waals surface area contributed by atoms with Crippen LogP contribution in [0.2, 0.25) is 0 Å². The van der Waals surface area contributed by atoms with E-state index in [1.54, 1.807) is 6.92 Å². The summed E-state index contributed by atoms with van der Waals surface area (Å²) < 4.78 is 0. The SMILES string of the molecule is CCCCN(CC)Cc1cccc(CNC(=O)C(C)N)c1. The van der Waals surface area contributed by atoms with Crippen LogP contribution in [0.25, 0.3) is 0 Å². The third-order valence-corrected chi connectivity index (χ3v) is 3.55. The molecule has 1 atom stereocenters. The van der Waals surface area contributed by atoms with Crippen LogP contribution in [-0.4, -0.2) is 29.9 Å². The molecule has 118 valence electrons. The van der Waals surface area contributed by atoms with Crippen molar-refractivity contribution in [1.29, 1.82) is 0 Å². The molecule has 0 aliphatic rings. The lowest BCUT2D eigenvalue weighted by molar-refractivity contribution is -0.122. The molecular weight excluding hydrogens is 262 g/mol. The number of carbonyl (C=O) groups is 1.